The largest absolute Gasteiger partial charge is 0.506 e. The first-order chi connectivity index (χ1) is 15.3. The van der Waals surface area contributed by atoms with Crippen LogP contribution in [-0.2, 0) is 0 Å². The van der Waals surface area contributed by atoms with Crippen LogP contribution in [0.3, 0.4) is 0 Å². The maximum absolute atomic E-state index is 10.7. The van der Waals surface area contributed by atoms with Crippen molar-refractivity contribution in [1.82, 2.24) is 0 Å². The highest BCUT2D eigenvalue weighted by molar-refractivity contribution is 5.86. The lowest BCUT2D eigenvalue weighted by atomic mass is 10.1. The molecule has 0 amide bonds. The minimum atomic E-state index is 0.0657. The van der Waals surface area contributed by atoms with Crippen LogP contribution < -0.4 is 9.64 Å². The number of aromatic hydroxyl groups is 3. The zero-order valence-corrected chi connectivity index (χ0v) is 18.2. The molecule has 0 aliphatic rings. The van der Waals surface area contributed by atoms with E-state index in [9.17, 15) is 15.3 Å². The number of hydrogen-bond donors (Lipinski definition) is 3. The molecule has 4 aromatic rings. The Labute approximate surface area is 187 Å². The summed E-state index contributed by atoms with van der Waals surface area (Å²) in [5, 5.41) is 31.5. The lowest BCUT2D eigenvalue weighted by Crippen LogP contribution is -2.13. The van der Waals surface area contributed by atoms with E-state index in [1.54, 1.807) is 48.5 Å². The van der Waals surface area contributed by atoms with E-state index >= 15 is 0 Å². The normalized spacial score (nSPS) is 10.7. The van der Waals surface area contributed by atoms with E-state index in [1.807, 2.05) is 56.0 Å². The summed E-state index contributed by atoms with van der Waals surface area (Å²) < 4.78 is 5.86. The van der Waals surface area contributed by atoms with Crippen LogP contribution in [0.1, 0.15) is 16.7 Å². The molecule has 0 radical (unpaired) electrons. The van der Waals surface area contributed by atoms with Gasteiger partial charge in [-0.15, -0.1) is 0 Å². The summed E-state index contributed by atoms with van der Waals surface area (Å²) in [6.45, 7) is 5.75. The van der Waals surface area contributed by atoms with Gasteiger partial charge in [0.05, 0.1) is 11.4 Å². The molecule has 4 aromatic carbocycles. The van der Waals surface area contributed by atoms with Crippen molar-refractivity contribution in [3.63, 3.8) is 0 Å². The van der Waals surface area contributed by atoms with Crippen molar-refractivity contribution in [2.75, 3.05) is 4.90 Å². The summed E-state index contributed by atoms with van der Waals surface area (Å²) in [5.41, 5.74) is 4.60. The average Bonchev–Trinajstić information content (AvgIpc) is 2.75. The Bertz CT molecular complexity index is 1170. The van der Waals surface area contributed by atoms with E-state index < -0.39 is 0 Å². The molecule has 0 fully saturated rings. The number of benzene rings is 4. The first-order valence-corrected chi connectivity index (χ1v) is 10.3. The van der Waals surface area contributed by atoms with E-state index in [-0.39, 0.29) is 17.2 Å². The van der Waals surface area contributed by atoms with Gasteiger partial charge in [0.15, 0.2) is 11.5 Å². The van der Waals surface area contributed by atoms with Crippen LogP contribution >= 0.6 is 0 Å². The van der Waals surface area contributed by atoms with Gasteiger partial charge < -0.3 is 25.0 Å². The number of aryl methyl sites for hydroxylation is 3. The van der Waals surface area contributed by atoms with E-state index in [1.165, 1.54) is 0 Å². The fraction of sp³-hybridized carbons (Fsp3) is 0.111. The number of nitrogens with zero attached hydrogens (tertiary/aromatic N) is 1. The molecule has 0 unspecified atom stereocenters. The van der Waals surface area contributed by atoms with Gasteiger partial charge in [-0.1, -0.05) is 30.3 Å². The zero-order chi connectivity index (χ0) is 22.8. The van der Waals surface area contributed by atoms with Crippen LogP contribution in [0.15, 0.2) is 78.9 Å². The Morgan fingerprint density at radius 2 is 1.19 bits per heavy atom. The van der Waals surface area contributed by atoms with Crippen molar-refractivity contribution in [3.05, 3.63) is 95.6 Å². The van der Waals surface area contributed by atoms with Crippen molar-refractivity contribution in [2.24, 2.45) is 0 Å². The number of phenols is 3. The summed E-state index contributed by atoms with van der Waals surface area (Å²) >= 11 is 0. The molecule has 0 atom stereocenters. The molecular formula is C27H25NO4. The smallest absolute Gasteiger partial charge is 0.169 e. The molecule has 0 saturated carbocycles. The highest BCUT2D eigenvalue weighted by Gasteiger charge is 2.22. The molecule has 0 aromatic heterocycles. The maximum atomic E-state index is 10.7. The van der Waals surface area contributed by atoms with Crippen LogP contribution in [0, 0.1) is 20.8 Å². The molecule has 0 heterocycles. The number of hydrogen-bond acceptors (Lipinski definition) is 5. The summed E-state index contributed by atoms with van der Waals surface area (Å²) in [7, 11) is 0. The minimum absolute atomic E-state index is 0.0657. The maximum Gasteiger partial charge on any atom is 0.169 e. The molecular weight excluding hydrogens is 402 g/mol. The Balaban J connectivity index is 1.80. The van der Waals surface area contributed by atoms with Crippen LogP contribution in [0.5, 0.6) is 28.7 Å². The van der Waals surface area contributed by atoms with Crippen LogP contribution in [0.2, 0.25) is 0 Å². The molecule has 162 valence electrons. The SMILES string of the molecule is Cc1ccc(O)c(Oc2ccc(N(c3c(C)cccc3O)c3c(C)cccc3O)cc2)c1. The number of para-hydroxylation sites is 2. The molecule has 5 heteroatoms. The molecule has 3 N–H and O–H groups in total. The van der Waals surface area contributed by atoms with E-state index in [2.05, 4.69) is 0 Å². The number of rotatable bonds is 5. The fourth-order valence-electron chi connectivity index (χ4n) is 3.73. The first kappa shape index (κ1) is 21.1. The van der Waals surface area contributed by atoms with E-state index in [0.29, 0.717) is 22.9 Å². The Hall–Kier alpha value is -4.12. The number of phenolic OH excluding ortho intramolecular Hbond substituents is 3. The molecule has 0 aliphatic heterocycles. The second-order valence-corrected chi connectivity index (χ2v) is 7.79. The quantitative estimate of drug-likeness (QED) is 0.320. The van der Waals surface area contributed by atoms with Crippen molar-refractivity contribution < 1.29 is 20.1 Å². The van der Waals surface area contributed by atoms with Gasteiger partial charge >= 0.3 is 0 Å². The average molecular weight is 428 g/mol. The predicted octanol–water partition coefficient (Wildman–Crippen LogP) is 6.99. The van der Waals surface area contributed by atoms with Gasteiger partial charge in [0.2, 0.25) is 0 Å². The second-order valence-electron chi connectivity index (χ2n) is 7.79. The van der Waals surface area contributed by atoms with Crippen LogP contribution in [0.25, 0.3) is 0 Å². The highest BCUT2D eigenvalue weighted by atomic mass is 16.5. The summed E-state index contributed by atoms with van der Waals surface area (Å²) in [6.07, 6.45) is 0. The lowest BCUT2D eigenvalue weighted by molar-refractivity contribution is 0.411. The minimum Gasteiger partial charge on any atom is -0.506 e. The van der Waals surface area contributed by atoms with Crippen molar-refractivity contribution in [3.8, 4) is 28.7 Å². The second kappa shape index (κ2) is 8.55. The predicted molar refractivity (Wildman–Crippen MR) is 127 cm³/mol. The molecule has 0 aliphatic carbocycles. The Morgan fingerprint density at radius 1 is 0.625 bits per heavy atom. The van der Waals surface area contributed by atoms with Gasteiger partial charge in [-0.3, -0.25) is 0 Å². The lowest BCUT2D eigenvalue weighted by Gasteiger charge is -2.29. The Morgan fingerprint density at radius 3 is 1.72 bits per heavy atom. The van der Waals surface area contributed by atoms with Gasteiger partial charge in [0.25, 0.3) is 0 Å². The van der Waals surface area contributed by atoms with Crippen molar-refractivity contribution >= 4 is 17.1 Å². The van der Waals surface area contributed by atoms with Gasteiger partial charge in [-0.25, -0.2) is 0 Å². The van der Waals surface area contributed by atoms with E-state index in [0.717, 1.165) is 22.4 Å². The molecule has 0 bridgehead atoms. The van der Waals surface area contributed by atoms with Crippen molar-refractivity contribution in [2.45, 2.75) is 20.8 Å². The molecule has 0 saturated heterocycles. The topological polar surface area (TPSA) is 73.2 Å². The molecule has 32 heavy (non-hydrogen) atoms. The number of anilines is 3. The molecule has 5 nitrogen and oxygen atoms in total. The number of ether oxygens (including phenoxy) is 1. The fourth-order valence-corrected chi connectivity index (χ4v) is 3.73. The van der Waals surface area contributed by atoms with E-state index in [4.69, 9.17) is 4.74 Å². The highest BCUT2D eigenvalue weighted by Crippen LogP contribution is 2.46. The summed E-state index contributed by atoms with van der Waals surface area (Å²) in [4.78, 5) is 1.84. The van der Waals surface area contributed by atoms with Gasteiger partial charge in [0.1, 0.15) is 17.2 Å². The first-order valence-electron chi connectivity index (χ1n) is 10.3. The summed E-state index contributed by atoms with van der Waals surface area (Å²) in [5.74, 6) is 1.21. The zero-order valence-electron chi connectivity index (χ0n) is 18.2. The van der Waals surface area contributed by atoms with Gasteiger partial charge in [-0.05, 0) is 86.0 Å². The third-order valence-electron chi connectivity index (χ3n) is 5.32. The summed E-state index contributed by atoms with van der Waals surface area (Å²) in [6, 6.07) is 23.1. The third-order valence-corrected chi connectivity index (χ3v) is 5.32. The van der Waals surface area contributed by atoms with Gasteiger partial charge in [-0.2, -0.15) is 0 Å². The van der Waals surface area contributed by atoms with Crippen molar-refractivity contribution in [1.29, 1.82) is 0 Å². The van der Waals surface area contributed by atoms with Crippen LogP contribution in [-0.4, -0.2) is 15.3 Å². The third kappa shape index (κ3) is 4.05. The van der Waals surface area contributed by atoms with Crippen LogP contribution in [0.4, 0.5) is 17.1 Å². The monoisotopic (exact) mass is 427 g/mol. The molecule has 0 spiro atoms. The van der Waals surface area contributed by atoms with Gasteiger partial charge in [0, 0.05) is 5.69 Å². The standard InChI is InChI=1S/C27H25NO4/c1-17-10-15-22(29)25(16-17)32-21-13-11-20(12-14-21)28(26-18(2)6-4-8-23(26)30)27-19(3)7-5-9-24(27)31/h4-16,29-31H,1-3H3. The Kier molecular flexibility index (Phi) is 5.65. The molecule has 4 rings (SSSR count).